The van der Waals surface area contributed by atoms with Gasteiger partial charge < -0.3 is 19.5 Å². The van der Waals surface area contributed by atoms with Crippen LogP contribution in [0.25, 0.3) is 18.2 Å². The van der Waals surface area contributed by atoms with E-state index in [-0.39, 0.29) is 11.6 Å². The molecule has 0 radical (unpaired) electrons. The standard InChI is InChI=1S/C26H24N2O6/c1-32-23-16-20(17-24(33-2)26(23)34-3)8-7-19-5-4-6-21(15-19)27-25(29)14-11-18-9-12-22(13-10-18)28(30)31/h4-17H,1-3H3,(H,27,29)/b8-7?,14-11+. The van der Waals surface area contributed by atoms with Gasteiger partial charge in [0.15, 0.2) is 11.5 Å². The number of anilines is 1. The number of ether oxygens (including phenoxy) is 3. The highest BCUT2D eigenvalue weighted by atomic mass is 16.6. The van der Waals surface area contributed by atoms with Gasteiger partial charge in [0, 0.05) is 23.9 Å². The lowest BCUT2D eigenvalue weighted by Gasteiger charge is -2.12. The molecule has 8 nitrogen and oxygen atoms in total. The van der Waals surface area contributed by atoms with Crippen molar-refractivity contribution in [2.24, 2.45) is 0 Å². The monoisotopic (exact) mass is 460 g/mol. The van der Waals surface area contributed by atoms with Gasteiger partial charge >= 0.3 is 0 Å². The summed E-state index contributed by atoms with van der Waals surface area (Å²) >= 11 is 0. The van der Waals surface area contributed by atoms with Gasteiger partial charge in [0.25, 0.3) is 5.69 Å². The topological polar surface area (TPSA) is 99.9 Å². The molecule has 0 aliphatic heterocycles. The van der Waals surface area contributed by atoms with E-state index in [0.29, 0.717) is 28.5 Å². The summed E-state index contributed by atoms with van der Waals surface area (Å²) in [6.45, 7) is 0. The van der Waals surface area contributed by atoms with Gasteiger partial charge in [-0.15, -0.1) is 0 Å². The number of rotatable bonds is 9. The third-order valence-corrected chi connectivity index (χ3v) is 4.84. The molecule has 0 aliphatic rings. The van der Waals surface area contributed by atoms with E-state index in [1.807, 2.05) is 42.5 Å². The van der Waals surface area contributed by atoms with Crippen LogP contribution in [0.2, 0.25) is 0 Å². The number of carbonyl (C=O) groups is 1. The van der Waals surface area contributed by atoms with Crippen LogP contribution < -0.4 is 19.5 Å². The summed E-state index contributed by atoms with van der Waals surface area (Å²) in [4.78, 5) is 22.5. The SMILES string of the molecule is COc1cc(C=Cc2cccc(NC(=O)/C=C/c3ccc([N+](=O)[O-])cc3)c2)cc(OC)c1OC. The number of carbonyl (C=O) groups excluding carboxylic acids is 1. The summed E-state index contributed by atoms with van der Waals surface area (Å²) in [5.74, 6) is 1.32. The number of nitro groups is 1. The highest BCUT2D eigenvalue weighted by molar-refractivity contribution is 6.02. The largest absolute Gasteiger partial charge is 0.493 e. The molecule has 3 aromatic carbocycles. The summed E-state index contributed by atoms with van der Waals surface area (Å²) in [6.07, 6.45) is 6.77. The molecule has 0 aliphatic carbocycles. The highest BCUT2D eigenvalue weighted by Crippen LogP contribution is 2.38. The summed E-state index contributed by atoms with van der Waals surface area (Å²) in [7, 11) is 4.68. The van der Waals surface area contributed by atoms with E-state index in [9.17, 15) is 14.9 Å². The zero-order valence-corrected chi connectivity index (χ0v) is 19.0. The van der Waals surface area contributed by atoms with Gasteiger partial charge in [-0.25, -0.2) is 0 Å². The molecule has 174 valence electrons. The number of benzene rings is 3. The first kappa shape index (κ1) is 24.1. The average Bonchev–Trinajstić information content (AvgIpc) is 2.85. The Bertz CT molecular complexity index is 1210. The van der Waals surface area contributed by atoms with Crippen molar-refractivity contribution in [2.45, 2.75) is 0 Å². The summed E-state index contributed by atoms with van der Waals surface area (Å²) < 4.78 is 16.1. The molecule has 0 saturated carbocycles. The molecular weight excluding hydrogens is 436 g/mol. The van der Waals surface area contributed by atoms with Crippen molar-refractivity contribution in [3.05, 3.63) is 93.5 Å². The van der Waals surface area contributed by atoms with Crippen LogP contribution in [0.1, 0.15) is 16.7 Å². The minimum atomic E-state index is -0.469. The second kappa shape index (κ2) is 11.3. The number of hydrogen-bond donors (Lipinski definition) is 1. The number of non-ortho nitro benzene ring substituents is 1. The Hall–Kier alpha value is -4.59. The number of hydrogen-bond acceptors (Lipinski definition) is 6. The summed E-state index contributed by atoms with van der Waals surface area (Å²) in [5, 5.41) is 13.5. The van der Waals surface area contributed by atoms with Gasteiger partial charge in [0.05, 0.1) is 26.3 Å². The van der Waals surface area contributed by atoms with Gasteiger partial charge in [0.2, 0.25) is 11.7 Å². The van der Waals surface area contributed by atoms with Gasteiger partial charge in [-0.2, -0.15) is 0 Å². The number of nitrogens with one attached hydrogen (secondary N) is 1. The molecule has 34 heavy (non-hydrogen) atoms. The average molecular weight is 460 g/mol. The highest BCUT2D eigenvalue weighted by Gasteiger charge is 2.12. The van der Waals surface area contributed by atoms with Gasteiger partial charge in [-0.05, 0) is 59.2 Å². The zero-order chi connectivity index (χ0) is 24.5. The Balaban J connectivity index is 1.69. The molecule has 3 rings (SSSR count). The first-order valence-electron chi connectivity index (χ1n) is 10.2. The van der Waals surface area contributed by atoms with Gasteiger partial charge in [-0.1, -0.05) is 24.3 Å². The van der Waals surface area contributed by atoms with Crippen LogP contribution >= 0.6 is 0 Å². The molecule has 0 atom stereocenters. The van der Waals surface area contributed by atoms with Gasteiger partial charge in [-0.3, -0.25) is 14.9 Å². The second-order valence-electron chi connectivity index (χ2n) is 7.09. The first-order chi connectivity index (χ1) is 16.4. The van der Waals surface area contributed by atoms with E-state index in [1.165, 1.54) is 18.2 Å². The molecule has 0 heterocycles. The van der Waals surface area contributed by atoms with Crippen LogP contribution in [0.4, 0.5) is 11.4 Å². The lowest BCUT2D eigenvalue weighted by atomic mass is 10.1. The molecule has 0 unspecified atom stereocenters. The maximum Gasteiger partial charge on any atom is 0.269 e. The van der Waals surface area contributed by atoms with E-state index in [1.54, 1.807) is 45.6 Å². The Labute approximate surface area is 197 Å². The van der Waals surface area contributed by atoms with Crippen LogP contribution in [-0.2, 0) is 4.79 Å². The van der Waals surface area contributed by atoms with Crippen molar-refractivity contribution >= 4 is 35.5 Å². The Morgan fingerprint density at radius 2 is 1.47 bits per heavy atom. The lowest BCUT2D eigenvalue weighted by molar-refractivity contribution is -0.384. The van der Waals surface area contributed by atoms with Crippen molar-refractivity contribution in [3.8, 4) is 17.2 Å². The van der Waals surface area contributed by atoms with Crippen LogP contribution in [-0.4, -0.2) is 32.2 Å². The van der Waals surface area contributed by atoms with Crippen molar-refractivity contribution in [1.82, 2.24) is 0 Å². The predicted octanol–water partition coefficient (Wildman–Crippen LogP) is 5.44. The maximum atomic E-state index is 12.3. The summed E-state index contributed by atoms with van der Waals surface area (Å²) in [6, 6.07) is 17.0. The first-order valence-corrected chi connectivity index (χ1v) is 10.2. The third-order valence-electron chi connectivity index (χ3n) is 4.84. The number of methoxy groups -OCH3 is 3. The Morgan fingerprint density at radius 3 is 2.06 bits per heavy atom. The number of nitro benzene ring substituents is 1. The molecule has 3 aromatic rings. The second-order valence-corrected chi connectivity index (χ2v) is 7.09. The van der Waals surface area contributed by atoms with Crippen LogP contribution in [0.3, 0.4) is 0 Å². The van der Waals surface area contributed by atoms with E-state index < -0.39 is 4.92 Å². The molecule has 1 N–H and O–H groups in total. The lowest BCUT2D eigenvalue weighted by Crippen LogP contribution is -2.07. The van der Waals surface area contributed by atoms with Crippen molar-refractivity contribution in [3.63, 3.8) is 0 Å². The molecular formula is C26H24N2O6. The normalized spacial score (nSPS) is 10.9. The smallest absolute Gasteiger partial charge is 0.269 e. The minimum absolute atomic E-state index is 0.00185. The van der Waals surface area contributed by atoms with E-state index in [2.05, 4.69) is 5.32 Å². The molecule has 0 bridgehead atoms. The van der Waals surface area contributed by atoms with Gasteiger partial charge in [0.1, 0.15) is 0 Å². The maximum absolute atomic E-state index is 12.3. The van der Waals surface area contributed by atoms with Crippen molar-refractivity contribution in [1.29, 1.82) is 0 Å². The molecule has 0 fully saturated rings. The van der Waals surface area contributed by atoms with Crippen molar-refractivity contribution in [2.75, 3.05) is 26.6 Å². The fourth-order valence-corrected chi connectivity index (χ4v) is 3.17. The van der Waals surface area contributed by atoms with Crippen LogP contribution in [0, 0.1) is 10.1 Å². The summed E-state index contributed by atoms with van der Waals surface area (Å²) in [5.41, 5.74) is 3.05. The van der Waals surface area contributed by atoms with E-state index in [0.717, 1.165) is 11.1 Å². The molecule has 0 spiro atoms. The van der Waals surface area contributed by atoms with E-state index in [4.69, 9.17) is 14.2 Å². The predicted molar refractivity (Wildman–Crippen MR) is 132 cm³/mol. The van der Waals surface area contributed by atoms with Crippen LogP contribution in [0.5, 0.6) is 17.2 Å². The minimum Gasteiger partial charge on any atom is -0.493 e. The fourth-order valence-electron chi connectivity index (χ4n) is 3.17. The Morgan fingerprint density at radius 1 is 0.824 bits per heavy atom. The van der Waals surface area contributed by atoms with E-state index >= 15 is 0 Å². The molecule has 8 heteroatoms. The Kier molecular flexibility index (Phi) is 8.02. The van der Waals surface area contributed by atoms with Crippen molar-refractivity contribution < 1.29 is 23.9 Å². The number of amides is 1. The van der Waals surface area contributed by atoms with Crippen LogP contribution in [0.15, 0.2) is 66.7 Å². The zero-order valence-electron chi connectivity index (χ0n) is 19.0. The molecule has 1 amide bonds. The third kappa shape index (κ3) is 6.23. The number of nitrogens with zero attached hydrogens (tertiary/aromatic N) is 1. The molecule has 0 saturated heterocycles. The quantitative estimate of drug-likeness (QED) is 0.197. The fraction of sp³-hybridized carbons (Fsp3) is 0.115. The molecule has 0 aromatic heterocycles.